The Bertz CT molecular complexity index is 325. The molecule has 0 bridgehead atoms. The second-order valence-corrected chi connectivity index (χ2v) is 5.63. The van der Waals surface area contributed by atoms with Crippen molar-refractivity contribution >= 4 is 16.0 Å². The third kappa shape index (κ3) is 3.17. The predicted molar refractivity (Wildman–Crippen MR) is 55.8 cm³/mol. The summed E-state index contributed by atoms with van der Waals surface area (Å²) < 4.78 is 28.9. The zero-order valence-electron chi connectivity index (χ0n) is 9.10. The molecule has 0 N–H and O–H groups in total. The fourth-order valence-corrected chi connectivity index (χ4v) is 2.79. The Morgan fingerprint density at radius 2 is 2.20 bits per heavy atom. The van der Waals surface area contributed by atoms with E-state index >= 15 is 0 Å². The van der Waals surface area contributed by atoms with Crippen LogP contribution in [0.25, 0.3) is 0 Å². The smallest absolute Gasteiger partial charge is 0.324 e. The topological polar surface area (TPSA) is 63.7 Å². The summed E-state index contributed by atoms with van der Waals surface area (Å²) in [5, 5.41) is 0. The van der Waals surface area contributed by atoms with Crippen LogP contribution in [-0.4, -0.2) is 44.1 Å². The van der Waals surface area contributed by atoms with Gasteiger partial charge in [0.2, 0.25) is 10.0 Å². The standard InChI is InChI=1S/C9H17NO4S/c1-3-7-14-9(11)8-5-4-6-10(8)15(2,12)13/h8H,3-7H2,1-2H3. The molecule has 1 fully saturated rings. The van der Waals surface area contributed by atoms with Gasteiger partial charge in [0, 0.05) is 6.54 Å². The Morgan fingerprint density at radius 3 is 2.73 bits per heavy atom. The van der Waals surface area contributed by atoms with E-state index in [9.17, 15) is 13.2 Å². The molecule has 1 aliphatic heterocycles. The molecule has 0 aliphatic carbocycles. The maximum absolute atomic E-state index is 11.5. The van der Waals surface area contributed by atoms with Gasteiger partial charge in [-0.2, -0.15) is 4.31 Å². The highest BCUT2D eigenvalue weighted by atomic mass is 32.2. The third-order valence-corrected chi connectivity index (χ3v) is 3.64. The maximum Gasteiger partial charge on any atom is 0.324 e. The summed E-state index contributed by atoms with van der Waals surface area (Å²) in [5.41, 5.74) is 0. The molecule has 6 heteroatoms. The number of sulfonamides is 1. The van der Waals surface area contributed by atoms with E-state index in [1.807, 2.05) is 6.92 Å². The second kappa shape index (κ2) is 4.94. The first-order chi connectivity index (χ1) is 6.96. The van der Waals surface area contributed by atoms with E-state index in [0.717, 1.165) is 19.1 Å². The summed E-state index contributed by atoms with van der Waals surface area (Å²) in [6, 6.07) is -0.605. The van der Waals surface area contributed by atoms with Crippen molar-refractivity contribution in [3.8, 4) is 0 Å². The fourth-order valence-electron chi connectivity index (χ4n) is 1.67. The average molecular weight is 235 g/mol. The van der Waals surface area contributed by atoms with E-state index in [2.05, 4.69) is 0 Å². The number of ether oxygens (including phenoxy) is 1. The lowest BCUT2D eigenvalue weighted by Crippen LogP contribution is -2.40. The van der Waals surface area contributed by atoms with Crippen molar-refractivity contribution in [3.63, 3.8) is 0 Å². The molecule has 0 aromatic carbocycles. The summed E-state index contributed by atoms with van der Waals surface area (Å²) in [6.45, 7) is 2.67. The molecule has 1 atom stereocenters. The Kier molecular flexibility index (Phi) is 4.10. The van der Waals surface area contributed by atoms with Crippen LogP contribution in [0.3, 0.4) is 0 Å². The largest absolute Gasteiger partial charge is 0.465 e. The first-order valence-electron chi connectivity index (χ1n) is 5.10. The van der Waals surface area contributed by atoms with Crippen molar-refractivity contribution in [2.75, 3.05) is 19.4 Å². The molecule has 1 unspecified atom stereocenters. The van der Waals surface area contributed by atoms with Gasteiger partial charge in [0.15, 0.2) is 0 Å². The minimum Gasteiger partial charge on any atom is -0.465 e. The van der Waals surface area contributed by atoms with Crippen LogP contribution in [0.1, 0.15) is 26.2 Å². The van der Waals surface area contributed by atoms with Gasteiger partial charge in [-0.3, -0.25) is 4.79 Å². The first-order valence-corrected chi connectivity index (χ1v) is 6.95. The Labute approximate surface area is 90.4 Å². The van der Waals surface area contributed by atoms with Crippen LogP contribution in [0.4, 0.5) is 0 Å². The van der Waals surface area contributed by atoms with Crippen LogP contribution in [0.5, 0.6) is 0 Å². The van der Waals surface area contributed by atoms with E-state index < -0.39 is 22.0 Å². The van der Waals surface area contributed by atoms with Crippen LogP contribution >= 0.6 is 0 Å². The van der Waals surface area contributed by atoms with Gasteiger partial charge in [-0.15, -0.1) is 0 Å². The minimum atomic E-state index is -3.29. The van der Waals surface area contributed by atoms with Crippen LogP contribution in [0, 0.1) is 0 Å². The van der Waals surface area contributed by atoms with Gasteiger partial charge in [0.1, 0.15) is 6.04 Å². The molecule has 5 nitrogen and oxygen atoms in total. The molecule has 0 aromatic rings. The summed E-state index contributed by atoms with van der Waals surface area (Å²) in [4.78, 5) is 11.5. The quantitative estimate of drug-likeness (QED) is 0.660. The number of hydrogen-bond acceptors (Lipinski definition) is 4. The van der Waals surface area contributed by atoms with Crippen molar-refractivity contribution in [1.29, 1.82) is 0 Å². The van der Waals surface area contributed by atoms with Gasteiger partial charge in [-0.1, -0.05) is 6.92 Å². The Hall–Kier alpha value is -0.620. The van der Waals surface area contributed by atoms with E-state index in [1.54, 1.807) is 0 Å². The summed E-state index contributed by atoms with van der Waals surface area (Å²) in [5.74, 6) is -0.417. The van der Waals surface area contributed by atoms with Crippen LogP contribution in [0.2, 0.25) is 0 Å². The van der Waals surface area contributed by atoms with Crippen molar-refractivity contribution in [2.45, 2.75) is 32.2 Å². The normalized spacial score (nSPS) is 22.9. The molecule has 88 valence electrons. The zero-order chi connectivity index (χ0) is 11.5. The van der Waals surface area contributed by atoms with E-state index in [0.29, 0.717) is 19.6 Å². The van der Waals surface area contributed by atoms with Crippen LogP contribution in [-0.2, 0) is 19.6 Å². The van der Waals surface area contributed by atoms with Crippen LogP contribution < -0.4 is 0 Å². The number of esters is 1. The van der Waals surface area contributed by atoms with Gasteiger partial charge in [0.05, 0.1) is 12.9 Å². The molecular formula is C9H17NO4S. The molecule has 1 rings (SSSR count). The first kappa shape index (κ1) is 12.4. The van der Waals surface area contributed by atoms with Crippen molar-refractivity contribution in [1.82, 2.24) is 4.31 Å². The van der Waals surface area contributed by atoms with Gasteiger partial charge in [-0.25, -0.2) is 8.42 Å². The number of hydrogen-bond donors (Lipinski definition) is 0. The Morgan fingerprint density at radius 1 is 1.53 bits per heavy atom. The summed E-state index contributed by atoms with van der Waals surface area (Å²) >= 11 is 0. The van der Waals surface area contributed by atoms with Gasteiger partial charge < -0.3 is 4.74 Å². The lowest BCUT2D eigenvalue weighted by Gasteiger charge is -2.20. The number of carbonyl (C=O) groups is 1. The highest BCUT2D eigenvalue weighted by Gasteiger charge is 2.37. The van der Waals surface area contributed by atoms with Crippen molar-refractivity contribution < 1.29 is 17.9 Å². The fraction of sp³-hybridized carbons (Fsp3) is 0.889. The van der Waals surface area contributed by atoms with Crippen molar-refractivity contribution in [2.24, 2.45) is 0 Å². The number of carbonyl (C=O) groups excluding carboxylic acids is 1. The monoisotopic (exact) mass is 235 g/mol. The lowest BCUT2D eigenvalue weighted by atomic mass is 10.2. The molecule has 0 aromatic heterocycles. The second-order valence-electron chi connectivity index (χ2n) is 3.70. The molecule has 0 amide bonds. The van der Waals surface area contributed by atoms with Crippen molar-refractivity contribution in [3.05, 3.63) is 0 Å². The van der Waals surface area contributed by atoms with Crippen LogP contribution in [0.15, 0.2) is 0 Å². The van der Waals surface area contributed by atoms with E-state index in [4.69, 9.17) is 4.74 Å². The number of nitrogens with zero attached hydrogens (tertiary/aromatic N) is 1. The molecule has 1 saturated heterocycles. The minimum absolute atomic E-state index is 0.354. The average Bonchev–Trinajstić information content (AvgIpc) is 2.61. The lowest BCUT2D eigenvalue weighted by molar-refractivity contribution is -0.147. The Balaban J connectivity index is 2.65. The van der Waals surface area contributed by atoms with E-state index in [1.165, 1.54) is 4.31 Å². The molecular weight excluding hydrogens is 218 g/mol. The molecule has 0 spiro atoms. The molecule has 1 heterocycles. The summed E-state index contributed by atoms with van der Waals surface area (Å²) in [6.07, 6.45) is 3.16. The molecule has 0 radical (unpaired) electrons. The van der Waals surface area contributed by atoms with Gasteiger partial charge >= 0.3 is 5.97 Å². The molecule has 0 saturated carbocycles. The number of rotatable bonds is 4. The highest BCUT2D eigenvalue weighted by Crippen LogP contribution is 2.21. The summed E-state index contributed by atoms with van der Waals surface area (Å²) in [7, 11) is -3.29. The SMILES string of the molecule is CCCOC(=O)C1CCCN1S(C)(=O)=O. The molecule has 15 heavy (non-hydrogen) atoms. The zero-order valence-corrected chi connectivity index (χ0v) is 9.92. The van der Waals surface area contributed by atoms with Gasteiger partial charge in [0.25, 0.3) is 0 Å². The third-order valence-electron chi connectivity index (χ3n) is 2.35. The maximum atomic E-state index is 11.5. The van der Waals surface area contributed by atoms with E-state index in [-0.39, 0.29) is 0 Å². The van der Waals surface area contributed by atoms with Gasteiger partial charge in [-0.05, 0) is 19.3 Å². The molecule has 1 aliphatic rings. The highest BCUT2D eigenvalue weighted by molar-refractivity contribution is 7.88. The predicted octanol–water partition coefficient (Wildman–Crippen LogP) is 0.364.